The van der Waals surface area contributed by atoms with Crippen molar-refractivity contribution >= 4 is 16.7 Å². The number of pyridine rings is 1. The van der Waals surface area contributed by atoms with Gasteiger partial charge >= 0.3 is 0 Å². The lowest BCUT2D eigenvalue weighted by molar-refractivity contribution is 0.0509. The lowest BCUT2D eigenvalue weighted by Gasteiger charge is -2.31. The molecule has 3 aromatic rings. The molecule has 0 radical (unpaired) electrons. The molecule has 3 aliphatic rings. The molecule has 0 aliphatic carbocycles. The van der Waals surface area contributed by atoms with E-state index in [0.717, 1.165) is 92.5 Å². The Kier molecular flexibility index (Phi) is 5.96. The van der Waals surface area contributed by atoms with E-state index in [4.69, 9.17) is 14.2 Å². The topological polar surface area (TPSA) is 67.5 Å². The van der Waals surface area contributed by atoms with Crippen LogP contribution in [0.1, 0.15) is 43.1 Å². The maximum absolute atomic E-state index is 15.2. The molecule has 0 spiro atoms. The summed E-state index contributed by atoms with van der Waals surface area (Å²) in [6, 6.07) is 4.16. The third-order valence-corrected chi connectivity index (χ3v) is 8.29. The fraction of sp³-hybridized carbons (Fsp3) is 0.593. The van der Waals surface area contributed by atoms with Gasteiger partial charge in [0.2, 0.25) is 0 Å². The predicted octanol–water partition coefficient (Wildman–Crippen LogP) is 4.54. The molecule has 0 amide bonds. The van der Waals surface area contributed by atoms with E-state index >= 15 is 4.39 Å². The van der Waals surface area contributed by atoms with Gasteiger partial charge in [0.05, 0.1) is 5.56 Å². The number of aryl methyl sites for hydroxylation is 3. The van der Waals surface area contributed by atoms with E-state index in [9.17, 15) is 0 Å². The van der Waals surface area contributed by atoms with Gasteiger partial charge in [-0.05, 0) is 81.2 Å². The second-order valence-corrected chi connectivity index (χ2v) is 10.5. The summed E-state index contributed by atoms with van der Waals surface area (Å²) in [6.07, 6.45) is 4.27. The Bertz CT molecular complexity index is 1240. The van der Waals surface area contributed by atoms with E-state index in [1.165, 1.54) is 6.42 Å². The molecule has 2 atom stereocenters. The maximum atomic E-state index is 15.2. The Morgan fingerprint density at radius 3 is 2.66 bits per heavy atom. The summed E-state index contributed by atoms with van der Waals surface area (Å²) in [5, 5.41) is 4.86. The summed E-state index contributed by atoms with van der Waals surface area (Å²) in [5.74, 6) is 2.86. The number of halogens is 1. The van der Waals surface area contributed by atoms with Crippen LogP contribution in [0.15, 0.2) is 16.7 Å². The normalized spacial score (nSPS) is 23.5. The van der Waals surface area contributed by atoms with Crippen molar-refractivity contribution in [3.63, 3.8) is 0 Å². The van der Waals surface area contributed by atoms with E-state index in [2.05, 4.69) is 19.9 Å². The van der Waals surface area contributed by atoms with Crippen LogP contribution in [0.2, 0.25) is 0 Å². The number of aromatic nitrogens is 3. The molecular weight excluding hydrogens is 445 g/mol. The van der Waals surface area contributed by atoms with E-state index in [1.54, 1.807) is 6.07 Å². The van der Waals surface area contributed by atoms with Crippen molar-refractivity contribution in [2.75, 3.05) is 44.3 Å². The van der Waals surface area contributed by atoms with Gasteiger partial charge in [-0.1, -0.05) is 12.1 Å². The summed E-state index contributed by atoms with van der Waals surface area (Å²) in [7, 11) is 0. The second-order valence-electron chi connectivity index (χ2n) is 10.5. The van der Waals surface area contributed by atoms with Gasteiger partial charge in [-0.25, -0.2) is 9.37 Å². The first-order valence-corrected chi connectivity index (χ1v) is 13.0. The summed E-state index contributed by atoms with van der Waals surface area (Å²) in [4.78, 5) is 14.5. The highest BCUT2D eigenvalue weighted by Crippen LogP contribution is 2.41. The Balaban J connectivity index is 1.38. The fourth-order valence-corrected chi connectivity index (χ4v) is 6.32. The molecule has 3 fully saturated rings. The molecule has 0 N–H and O–H groups in total. The van der Waals surface area contributed by atoms with E-state index in [0.29, 0.717) is 29.2 Å². The smallest absolute Gasteiger partial charge is 0.261 e. The quantitative estimate of drug-likeness (QED) is 0.532. The third-order valence-electron chi connectivity index (χ3n) is 8.29. The number of hydrogen-bond donors (Lipinski definition) is 0. The highest BCUT2D eigenvalue weighted by atomic mass is 19.1. The van der Waals surface area contributed by atoms with Crippen molar-refractivity contribution in [3.05, 3.63) is 34.9 Å². The second kappa shape index (κ2) is 9.13. The Labute approximate surface area is 205 Å². The first kappa shape index (κ1) is 22.9. The van der Waals surface area contributed by atoms with Crippen LogP contribution in [0.3, 0.4) is 0 Å². The minimum atomic E-state index is -0.266. The first-order chi connectivity index (χ1) is 17.0. The number of anilines is 1. The van der Waals surface area contributed by atoms with Crippen molar-refractivity contribution in [1.82, 2.24) is 20.0 Å². The number of benzene rings is 1. The molecule has 3 aliphatic heterocycles. The van der Waals surface area contributed by atoms with Gasteiger partial charge < -0.3 is 14.2 Å². The molecule has 3 saturated heterocycles. The molecule has 2 unspecified atom stereocenters. The fourth-order valence-electron chi connectivity index (χ4n) is 6.32. The average Bonchev–Trinajstić information content (AvgIpc) is 3.57. The zero-order valence-corrected chi connectivity index (χ0v) is 20.9. The molecule has 0 bridgehead atoms. The molecule has 2 aromatic heterocycles. The van der Waals surface area contributed by atoms with Crippen LogP contribution in [-0.4, -0.2) is 65.5 Å². The molecule has 7 nitrogen and oxygen atoms in total. The highest BCUT2D eigenvalue weighted by molar-refractivity contribution is 5.93. The standard InChI is InChI=1S/C27H34FN5O2/c1-4-18-11-21-16(2)24(27-29-17(3)31-35-27)26(30-25(21)22(28)12-18)33-14-20-5-8-32(23(20)15-33)13-19-6-9-34-10-7-19/h11-12,19-20,23H,4-10,13-15H2,1-3H3. The molecular formula is C27H34FN5O2. The monoisotopic (exact) mass is 479 g/mol. The number of fused-ring (bicyclic) bond motifs is 2. The first-order valence-electron chi connectivity index (χ1n) is 13.0. The van der Waals surface area contributed by atoms with Crippen LogP contribution in [0.4, 0.5) is 10.2 Å². The number of ether oxygens (including phenoxy) is 1. The summed E-state index contributed by atoms with van der Waals surface area (Å²) >= 11 is 0. The van der Waals surface area contributed by atoms with Crippen LogP contribution in [0.5, 0.6) is 0 Å². The molecule has 1 aromatic carbocycles. The Morgan fingerprint density at radius 2 is 1.91 bits per heavy atom. The summed E-state index contributed by atoms with van der Waals surface area (Å²) < 4.78 is 26.4. The van der Waals surface area contributed by atoms with Gasteiger partial charge in [-0.2, -0.15) is 4.98 Å². The lowest BCUT2D eigenvalue weighted by Crippen LogP contribution is -2.39. The maximum Gasteiger partial charge on any atom is 0.261 e. The van der Waals surface area contributed by atoms with Crippen molar-refractivity contribution in [2.45, 2.75) is 52.5 Å². The van der Waals surface area contributed by atoms with Gasteiger partial charge in [0.15, 0.2) is 5.82 Å². The van der Waals surface area contributed by atoms with Crippen LogP contribution < -0.4 is 4.90 Å². The van der Waals surface area contributed by atoms with Crippen molar-refractivity contribution < 1.29 is 13.7 Å². The van der Waals surface area contributed by atoms with Crippen molar-refractivity contribution in [2.24, 2.45) is 11.8 Å². The van der Waals surface area contributed by atoms with Gasteiger partial charge in [0.1, 0.15) is 17.2 Å². The summed E-state index contributed by atoms with van der Waals surface area (Å²) in [6.45, 7) is 11.8. The van der Waals surface area contributed by atoms with E-state index in [-0.39, 0.29) is 5.82 Å². The third kappa shape index (κ3) is 4.10. The van der Waals surface area contributed by atoms with Gasteiger partial charge in [0.25, 0.3) is 5.89 Å². The minimum Gasteiger partial charge on any atom is -0.381 e. The molecule has 5 heterocycles. The SMILES string of the molecule is CCc1cc(F)c2nc(N3CC4CCN(CC5CCOCC5)C4C3)c(-c3nc(C)no3)c(C)c2c1. The average molecular weight is 480 g/mol. The van der Waals surface area contributed by atoms with Gasteiger partial charge in [0, 0.05) is 44.3 Å². The summed E-state index contributed by atoms with van der Waals surface area (Å²) in [5.41, 5.74) is 3.16. The highest BCUT2D eigenvalue weighted by Gasteiger charge is 2.43. The number of nitrogens with zero attached hydrogens (tertiary/aromatic N) is 5. The van der Waals surface area contributed by atoms with Crippen molar-refractivity contribution in [3.8, 4) is 11.5 Å². The zero-order valence-electron chi connectivity index (χ0n) is 20.9. The Hall–Kier alpha value is -2.58. The Morgan fingerprint density at radius 1 is 1.09 bits per heavy atom. The molecule has 8 heteroatoms. The minimum absolute atomic E-state index is 0.266. The van der Waals surface area contributed by atoms with Gasteiger partial charge in [-0.3, -0.25) is 4.90 Å². The number of likely N-dealkylation sites (tertiary alicyclic amines) is 1. The number of hydrogen-bond acceptors (Lipinski definition) is 7. The molecule has 0 saturated carbocycles. The molecule has 6 rings (SSSR count). The predicted molar refractivity (Wildman–Crippen MR) is 133 cm³/mol. The molecule has 186 valence electrons. The van der Waals surface area contributed by atoms with Crippen LogP contribution in [0.25, 0.3) is 22.4 Å². The van der Waals surface area contributed by atoms with E-state index < -0.39 is 0 Å². The largest absolute Gasteiger partial charge is 0.381 e. The van der Waals surface area contributed by atoms with E-state index in [1.807, 2.05) is 26.8 Å². The zero-order chi connectivity index (χ0) is 24.1. The van der Waals surface area contributed by atoms with Crippen molar-refractivity contribution in [1.29, 1.82) is 0 Å². The van der Waals surface area contributed by atoms with Crippen LogP contribution in [0, 0.1) is 31.5 Å². The van der Waals surface area contributed by atoms with Gasteiger partial charge in [-0.15, -0.1) is 0 Å². The van der Waals surface area contributed by atoms with Crippen LogP contribution >= 0.6 is 0 Å². The van der Waals surface area contributed by atoms with Crippen LogP contribution in [-0.2, 0) is 11.2 Å². The number of rotatable bonds is 5. The lowest BCUT2D eigenvalue weighted by atomic mass is 9.99. The molecule has 35 heavy (non-hydrogen) atoms.